The number of aromatic nitrogens is 2. The lowest BCUT2D eigenvalue weighted by atomic mass is 9.73. The van der Waals surface area contributed by atoms with Crippen molar-refractivity contribution >= 4 is 12.2 Å². The van der Waals surface area contributed by atoms with Gasteiger partial charge >= 0.3 is 0 Å². The molecule has 0 aromatic carbocycles. The smallest absolute Gasteiger partial charge is 0.135 e. The van der Waals surface area contributed by atoms with E-state index in [9.17, 15) is 0 Å². The van der Waals surface area contributed by atoms with E-state index in [1.165, 1.54) is 31.4 Å². The predicted octanol–water partition coefficient (Wildman–Crippen LogP) is 3.90. The first-order valence-corrected chi connectivity index (χ1v) is 7.66. The van der Waals surface area contributed by atoms with Crippen LogP contribution in [0.4, 0.5) is 0 Å². The summed E-state index contributed by atoms with van der Waals surface area (Å²) >= 11 is 5.43. The zero-order valence-electron chi connectivity index (χ0n) is 11.8. The minimum atomic E-state index is 0.495. The number of nitrogens with zero attached hydrogens (tertiary/aromatic N) is 1. The average molecular weight is 278 g/mol. The molecule has 0 atom stereocenters. The van der Waals surface area contributed by atoms with Crippen molar-refractivity contribution in [1.82, 2.24) is 9.97 Å². The third-order valence-corrected chi connectivity index (χ3v) is 4.93. The van der Waals surface area contributed by atoms with Gasteiger partial charge in [0.2, 0.25) is 0 Å². The SMILES string of the molecule is CC1(C)CCC(c2nc(=S)c3c([nH]2)CCOC3)CC1. The Morgan fingerprint density at radius 2 is 2.05 bits per heavy atom. The molecule has 2 aliphatic rings. The van der Waals surface area contributed by atoms with Crippen molar-refractivity contribution in [3.8, 4) is 0 Å². The quantitative estimate of drug-likeness (QED) is 0.792. The molecule has 1 saturated carbocycles. The van der Waals surface area contributed by atoms with Crippen LogP contribution in [0, 0.1) is 10.1 Å². The van der Waals surface area contributed by atoms with Gasteiger partial charge in [0.15, 0.2) is 0 Å². The Kier molecular flexibility index (Phi) is 3.48. The summed E-state index contributed by atoms with van der Waals surface area (Å²) in [6.07, 6.45) is 5.94. The molecule has 0 amide bonds. The zero-order valence-corrected chi connectivity index (χ0v) is 12.6. The van der Waals surface area contributed by atoms with Crippen LogP contribution in [0.25, 0.3) is 0 Å². The van der Waals surface area contributed by atoms with Gasteiger partial charge < -0.3 is 9.72 Å². The summed E-state index contributed by atoms with van der Waals surface area (Å²) in [7, 11) is 0. The average Bonchev–Trinajstić information content (AvgIpc) is 2.38. The van der Waals surface area contributed by atoms with E-state index in [0.29, 0.717) is 17.9 Å². The number of nitrogens with one attached hydrogen (secondary N) is 1. The molecule has 4 heteroatoms. The van der Waals surface area contributed by atoms with Gasteiger partial charge in [-0.2, -0.15) is 0 Å². The second kappa shape index (κ2) is 4.98. The van der Waals surface area contributed by atoms with Gasteiger partial charge in [-0.25, -0.2) is 4.98 Å². The van der Waals surface area contributed by atoms with E-state index in [2.05, 4.69) is 23.8 Å². The van der Waals surface area contributed by atoms with Gasteiger partial charge in [-0.05, 0) is 31.1 Å². The van der Waals surface area contributed by atoms with Gasteiger partial charge in [0.25, 0.3) is 0 Å². The van der Waals surface area contributed by atoms with Crippen molar-refractivity contribution < 1.29 is 4.74 Å². The predicted molar refractivity (Wildman–Crippen MR) is 77.8 cm³/mol. The molecule has 19 heavy (non-hydrogen) atoms. The Balaban J connectivity index is 1.86. The van der Waals surface area contributed by atoms with Crippen LogP contribution in [0.1, 0.15) is 62.5 Å². The third kappa shape index (κ3) is 2.75. The van der Waals surface area contributed by atoms with E-state index in [1.54, 1.807) is 0 Å². The molecule has 0 spiro atoms. The summed E-state index contributed by atoms with van der Waals surface area (Å²) in [4.78, 5) is 8.18. The number of rotatable bonds is 1. The fourth-order valence-electron chi connectivity index (χ4n) is 3.14. The molecule has 0 radical (unpaired) electrons. The fraction of sp³-hybridized carbons (Fsp3) is 0.733. The van der Waals surface area contributed by atoms with Crippen LogP contribution in [0.15, 0.2) is 0 Å². The molecule has 0 unspecified atom stereocenters. The second-order valence-corrected chi connectivity index (χ2v) is 7.01. The normalized spacial score (nSPS) is 23.1. The molecule has 1 aromatic rings. The van der Waals surface area contributed by atoms with Crippen LogP contribution >= 0.6 is 12.2 Å². The molecule has 1 aliphatic carbocycles. The molecule has 104 valence electrons. The van der Waals surface area contributed by atoms with E-state index >= 15 is 0 Å². The minimum absolute atomic E-state index is 0.495. The Labute approximate surface area is 119 Å². The number of hydrogen-bond donors (Lipinski definition) is 1. The number of fused-ring (bicyclic) bond motifs is 1. The fourth-order valence-corrected chi connectivity index (χ4v) is 3.42. The van der Waals surface area contributed by atoms with Crippen LogP contribution in [0.5, 0.6) is 0 Å². The second-order valence-electron chi connectivity index (χ2n) is 6.63. The Morgan fingerprint density at radius 3 is 2.79 bits per heavy atom. The molecule has 1 aromatic heterocycles. The van der Waals surface area contributed by atoms with Crippen LogP contribution in [-0.2, 0) is 17.8 Å². The summed E-state index contributed by atoms with van der Waals surface area (Å²) in [5, 5.41) is 0. The molecule has 2 heterocycles. The van der Waals surface area contributed by atoms with Gasteiger partial charge in [0.1, 0.15) is 10.5 Å². The Morgan fingerprint density at radius 1 is 1.32 bits per heavy atom. The van der Waals surface area contributed by atoms with E-state index in [-0.39, 0.29) is 0 Å². The minimum Gasteiger partial charge on any atom is -0.376 e. The summed E-state index contributed by atoms with van der Waals surface area (Å²) in [6, 6.07) is 0. The molecular formula is C15H22N2OS. The van der Waals surface area contributed by atoms with Crippen LogP contribution in [0.2, 0.25) is 0 Å². The highest BCUT2D eigenvalue weighted by Gasteiger charge is 2.29. The number of ether oxygens (including phenoxy) is 1. The summed E-state index contributed by atoms with van der Waals surface area (Å²) in [5.41, 5.74) is 2.85. The van der Waals surface area contributed by atoms with Crippen molar-refractivity contribution in [2.45, 2.75) is 58.5 Å². The molecule has 0 bridgehead atoms. The first kappa shape index (κ1) is 13.3. The lowest BCUT2D eigenvalue weighted by molar-refractivity contribution is 0.108. The highest BCUT2D eigenvalue weighted by Crippen LogP contribution is 2.41. The highest BCUT2D eigenvalue weighted by atomic mass is 32.1. The van der Waals surface area contributed by atoms with E-state index in [1.807, 2.05) is 0 Å². The van der Waals surface area contributed by atoms with Crippen LogP contribution in [0.3, 0.4) is 0 Å². The molecule has 3 nitrogen and oxygen atoms in total. The summed E-state index contributed by atoms with van der Waals surface area (Å²) in [5.74, 6) is 1.67. The number of hydrogen-bond acceptors (Lipinski definition) is 3. The van der Waals surface area contributed by atoms with Crippen LogP contribution < -0.4 is 0 Å². The van der Waals surface area contributed by atoms with E-state index in [0.717, 1.165) is 29.1 Å². The van der Waals surface area contributed by atoms with Crippen molar-refractivity contribution in [2.75, 3.05) is 6.61 Å². The van der Waals surface area contributed by atoms with Crippen molar-refractivity contribution in [2.24, 2.45) is 5.41 Å². The van der Waals surface area contributed by atoms with Crippen LogP contribution in [-0.4, -0.2) is 16.6 Å². The van der Waals surface area contributed by atoms with Crippen molar-refractivity contribution in [1.29, 1.82) is 0 Å². The van der Waals surface area contributed by atoms with E-state index in [4.69, 9.17) is 17.0 Å². The van der Waals surface area contributed by atoms with Gasteiger partial charge in [-0.3, -0.25) is 0 Å². The van der Waals surface area contributed by atoms with Gasteiger partial charge in [-0.15, -0.1) is 0 Å². The van der Waals surface area contributed by atoms with E-state index < -0.39 is 0 Å². The van der Waals surface area contributed by atoms with Gasteiger partial charge in [0, 0.05) is 23.6 Å². The maximum Gasteiger partial charge on any atom is 0.135 e. The molecular weight excluding hydrogens is 256 g/mol. The molecule has 1 fully saturated rings. The molecule has 1 N–H and O–H groups in total. The maximum atomic E-state index is 5.46. The number of H-pyrrole nitrogens is 1. The molecule has 1 aliphatic heterocycles. The summed E-state index contributed by atoms with van der Waals surface area (Å²) in [6.45, 7) is 6.14. The summed E-state index contributed by atoms with van der Waals surface area (Å²) < 4.78 is 6.21. The molecule has 3 rings (SSSR count). The Bertz CT molecular complexity index is 525. The van der Waals surface area contributed by atoms with Gasteiger partial charge in [-0.1, -0.05) is 26.1 Å². The first-order valence-electron chi connectivity index (χ1n) is 7.25. The highest BCUT2D eigenvalue weighted by molar-refractivity contribution is 7.71. The Hall–Kier alpha value is -0.740. The molecule has 0 saturated heterocycles. The first-order chi connectivity index (χ1) is 9.05. The van der Waals surface area contributed by atoms with Gasteiger partial charge in [0.05, 0.1) is 13.2 Å². The maximum absolute atomic E-state index is 5.46. The lowest BCUT2D eigenvalue weighted by Crippen LogP contribution is -2.23. The third-order valence-electron chi connectivity index (χ3n) is 4.59. The van der Waals surface area contributed by atoms with Crippen molar-refractivity contribution in [3.05, 3.63) is 21.7 Å². The standard InChI is InChI=1S/C15H22N2OS/c1-15(2)6-3-10(4-7-15)13-16-12-5-8-18-9-11(12)14(19)17-13/h10H,3-9H2,1-2H3,(H,16,17,19). The lowest BCUT2D eigenvalue weighted by Gasteiger charge is -2.34. The monoisotopic (exact) mass is 278 g/mol. The number of aromatic amines is 1. The zero-order chi connectivity index (χ0) is 13.5. The topological polar surface area (TPSA) is 37.9 Å². The van der Waals surface area contributed by atoms with Crippen molar-refractivity contribution in [3.63, 3.8) is 0 Å². The largest absolute Gasteiger partial charge is 0.376 e.